The molecular weight excluding hydrogens is 345 g/mol. The van der Waals surface area contributed by atoms with Crippen molar-refractivity contribution in [3.63, 3.8) is 0 Å². The highest BCUT2D eigenvalue weighted by Crippen LogP contribution is 2.22. The molecule has 2 aromatic carbocycles. The second kappa shape index (κ2) is 8.32. The van der Waals surface area contributed by atoms with Crippen molar-refractivity contribution in [2.24, 2.45) is 4.99 Å². The Hall–Kier alpha value is -1.84. The van der Waals surface area contributed by atoms with Crippen LogP contribution in [0.2, 0.25) is 10.0 Å². The van der Waals surface area contributed by atoms with Crippen LogP contribution in [-0.4, -0.2) is 24.3 Å². The van der Waals surface area contributed by atoms with Gasteiger partial charge in [0.25, 0.3) is 0 Å². The van der Waals surface area contributed by atoms with Gasteiger partial charge in [-0.1, -0.05) is 47.5 Å². The third-order valence-corrected chi connectivity index (χ3v) is 4.05. The molecule has 24 heavy (non-hydrogen) atoms. The normalized spacial score (nSPS) is 13.7. The predicted octanol–water partition coefficient (Wildman–Crippen LogP) is 4.98. The molecule has 0 heterocycles. The van der Waals surface area contributed by atoms with Crippen molar-refractivity contribution in [2.75, 3.05) is 6.61 Å². The van der Waals surface area contributed by atoms with Crippen LogP contribution in [0.3, 0.4) is 0 Å². The number of ether oxygens (including phenoxy) is 1. The molecule has 2 rings (SSSR count). The van der Waals surface area contributed by atoms with Crippen molar-refractivity contribution in [3.05, 3.63) is 69.7 Å². The maximum absolute atomic E-state index is 12.4. The topological polar surface area (TPSA) is 38.7 Å². The molecule has 0 aromatic heterocycles. The van der Waals surface area contributed by atoms with E-state index in [-0.39, 0.29) is 5.97 Å². The van der Waals surface area contributed by atoms with Gasteiger partial charge in [-0.15, -0.1) is 0 Å². The fourth-order valence-electron chi connectivity index (χ4n) is 2.22. The monoisotopic (exact) mass is 363 g/mol. The lowest BCUT2D eigenvalue weighted by Crippen LogP contribution is -2.37. The summed E-state index contributed by atoms with van der Waals surface area (Å²) in [5.41, 5.74) is 0.818. The lowest BCUT2D eigenvalue weighted by molar-refractivity contribution is -0.148. The van der Waals surface area contributed by atoms with Crippen LogP contribution in [0.1, 0.15) is 25.0 Å². The molecule has 5 heteroatoms. The molecule has 126 valence electrons. The zero-order chi connectivity index (χ0) is 17.6. The van der Waals surface area contributed by atoms with Crippen LogP contribution in [-0.2, 0) is 16.0 Å². The number of rotatable bonds is 6. The lowest BCUT2D eigenvalue weighted by Gasteiger charge is -2.23. The van der Waals surface area contributed by atoms with Crippen molar-refractivity contribution in [1.29, 1.82) is 0 Å². The molecule has 3 nitrogen and oxygen atoms in total. The van der Waals surface area contributed by atoms with Crippen LogP contribution in [0.5, 0.6) is 0 Å². The van der Waals surface area contributed by atoms with E-state index < -0.39 is 5.54 Å². The maximum Gasteiger partial charge on any atom is 0.334 e. The first-order chi connectivity index (χ1) is 11.4. The second-order valence-electron chi connectivity index (χ2n) is 5.61. The number of halogens is 2. The first-order valence-electron chi connectivity index (χ1n) is 7.65. The molecule has 1 atom stereocenters. The highest BCUT2D eigenvalue weighted by Gasteiger charge is 2.34. The molecule has 0 aliphatic rings. The van der Waals surface area contributed by atoms with E-state index in [1.54, 1.807) is 44.3 Å². The van der Waals surface area contributed by atoms with Gasteiger partial charge in [0.2, 0.25) is 0 Å². The number of hydrogen-bond donors (Lipinski definition) is 0. The molecule has 0 aliphatic heterocycles. The molecule has 2 aromatic rings. The number of aliphatic imine (C=N–C) groups is 1. The van der Waals surface area contributed by atoms with Crippen molar-refractivity contribution in [1.82, 2.24) is 0 Å². The van der Waals surface area contributed by atoms with E-state index in [9.17, 15) is 4.79 Å². The van der Waals surface area contributed by atoms with Crippen LogP contribution in [0, 0.1) is 0 Å². The fourth-order valence-corrected chi connectivity index (χ4v) is 2.47. The van der Waals surface area contributed by atoms with Gasteiger partial charge in [0.15, 0.2) is 5.54 Å². The van der Waals surface area contributed by atoms with E-state index in [0.717, 1.165) is 11.1 Å². The third kappa shape index (κ3) is 5.08. The first-order valence-corrected chi connectivity index (χ1v) is 8.41. The zero-order valence-electron chi connectivity index (χ0n) is 13.6. The molecule has 0 saturated heterocycles. The molecular formula is C19H19Cl2NO2. The number of carbonyl (C=O) groups is 1. The zero-order valence-corrected chi connectivity index (χ0v) is 15.1. The molecule has 0 amide bonds. The average molecular weight is 364 g/mol. The van der Waals surface area contributed by atoms with Crippen LogP contribution >= 0.6 is 23.2 Å². The number of esters is 1. The molecule has 0 fully saturated rings. The van der Waals surface area contributed by atoms with Gasteiger partial charge in [-0.25, -0.2) is 4.79 Å². The Labute approximate surface area is 152 Å². The van der Waals surface area contributed by atoms with E-state index >= 15 is 0 Å². The Morgan fingerprint density at radius 2 is 1.62 bits per heavy atom. The average Bonchev–Trinajstić information content (AvgIpc) is 2.57. The molecule has 0 spiro atoms. The summed E-state index contributed by atoms with van der Waals surface area (Å²) in [6, 6.07) is 14.6. The van der Waals surface area contributed by atoms with E-state index in [1.807, 2.05) is 24.3 Å². The van der Waals surface area contributed by atoms with Crippen molar-refractivity contribution in [3.8, 4) is 0 Å². The quantitative estimate of drug-likeness (QED) is 0.536. The van der Waals surface area contributed by atoms with Crippen LogP contribution in [0.15, 0.2) is 53.5 Å². The summed E-state index contributed by atoms with van der Waals surface area (Å²) < 4.78 is 5.21. The van der Waals surface area contributed by atoms with Gasteiger partial charge in [-0.05, 0) is 49.2 Å². The highest BCUT2D eigenvalue weighted by molar-refractivity contribution is 6.30. The minimum atomic E-state index is -1.01. The summed E-state index contributed by atoms with van der Waals surface area (Å²) >= 11 is 11.8. The van der Waals surface area contributed by atoms with Crippen molar-refractivity contribution in [2.45, 2.75) is 25.8 Å². The standard InChI is InChI=1S/C19H19Cl2NO2/c1-3-24-18(23)19(2,12-14-4-8-16(20)9-5-14)22-13-15-6-10-17(21)11-7-15/h4-11,13H,3,12H2,1-2H3/t19-/m0/s1. The lowest BCUT2D eigenvalue weighted by atomic mass is 9.93. The van der Waals surface area contributed by atoms with E-state index in [1.165, 1.54) is 0 Å². The van der Waals surface area contributed by atoms with Crippen molar-refractivity contribution >= 4 is 35.4 Å². The van der Waals surface area contributed by atoms with Crippen LogP contribution in [0.4, 0.5) is 0 Å². The summed E-state index contributed by atoms with van der Waals surface area (Å²) in [6.45, 7) is 3.86. The molecule has 0 aliphatic carbocycles. The summed E-state index contributed by atoms with van der Waals surface area (Å²) in [6.07, 6.45) is 2.09. The van der Waals surface area contributed by atoms with Gasteiger partial charge in [-0.2, -0.15) is 0 Å². The number of benzene rings is 2. The minimum absolute atomic E-state index is 0.311. The number of carbonyl (C=O) groups excluding carboxylic acids is 1. The Kier molecular flexibility index (Phi) is 6.41. The van der Waals surface area contributed by atoms with E-state index in [2.05, 4.69) is 4.99 Å². The van der Waals surface area contributed by atoms with Gasteiger partial charge in [0, 0.05) is 22.7 Å². The van der Waals surface area contributed by atoms with Gasteiger partial charge in [-0.3, -0.25) is 4.99 Å². The number of hydrogen-bond acceptors (Lipinski definition) is 3. The molecule has 0 saturated carbocycles. The maximum atomic E-state index is 12.4. The smallest absolute Gasteiger partial charge is 0.334 e. The van der Waals surface area contributed by atoms with E-state index in [4.69, 9.17) is 27.9 Å². The third-order valence-electron chi connectivity index (χ3n) is 3.55. The first kappa shape index (κ1) is 18.5. The summed E-state index contributed by atoms with van der Waals surface area (Å²) in [4.78, 5) is 16.9. The van der Waals surface area contributed by atoms with E-state index in [0.29, 0.717) is 23.1 Å². The van der Waals surface area contributed by atoms with Crippen molar-refractivity contribution < 1.29 is 9.53 Å². The minimum Gasteiger partial charge on any atom is -0.464 e. The molecule has 0 bridgehead atoms. The summed E-state index contributed by atoms with van der Waals surface area (Å²) in [7, 11) is 0. The fraction of sp³-hybridized carbons (Fsp3) is 0.263. The highest BCUT2D eigenvalue weighted by atomic mass is 35.5. The Bertz CT molecular complexity index is 711. The SMILES string of the molecule is CCOC(=O)[C@](C)(Cc1ccc(Cl)cc1)N=Cc1ccc(Cl)cc1. The summed E-state index contributed by atoms with van der Waals surface area (Å²) in [5.74, 6) is -0.356. The van der Waals surface area contributed by atoms with Gasteiger partial charge < -0.3 is 4.74 Å². The number of nitrogens with zero attached hydrogens (tertiary/aromatic N) is 1. The van der Waals surface area contributed by atoms with Gasteiger partial charge in [0.05, 0.1) is 6.61 Å². The molecule has 0 N–H and O–H groups in total. The van der Waals surface area contributed by atoms with Crippen LogP contribution in [0.25, 0.3) is 0 Å². The Morgan fingerprint density at radius 1 is 1.08 bits per heavy atom. The van der Waals surface area contributed by atoms with Gasteiger partial charge in [0.1, 0.15) is 0 Å². The summed E-state index contributed by atoms with van der Waals surface area (Å²) in [5, 5.41) is 1.31. The molecule has 0 unspecified atom stereocenters. The molecule has 0 radical (unpaired) electrons. The Morgan fingerprint density at radius 3 is 2.17 bits per heavy atom. The van der Waals surface area contributed by atoms with Crippen LogP contribution < -0.4 is 0 Å². The second-order valence-corrected chi connectivity index (χ2v) is 6.48. The Balaban J connectivity index is 2.26. The predicted molar refractivity (Wildman–Crippen MR) is 99.2 cm³/mol. The largest absolute Gasteiger partial charge is 0.464 e. The van der Waals surface area contributed by atoms with Gasteiger partial charge >= 0.3 is 5.97 Å².